The van der Waals surface area contributed by atoms with Crippen LogP contribution < -0.4 is 4.74 Å². The molecule has 1 aromatic rings. The van der Waals surface area contributed by atoms with Gasteiger partial charge in [-0.05, 0) is 0 Å². The topological polar surface area (TPSA) is 63.6 Å². The Labute approximate surface area is 84.3 Å². The summed E-state index contributed by atoms with van der Waals surface area (Å²) in [4.78, 5) is -0.421. The van der Waals surface area contributed by atoms with E-state index >= 15 is 0 Å². The normalized spacial score (nSPS) is 11.4. The lowest BCUT2D eigenvalue weighted by Crippen LogP contribution is -1.95. The quantitative estimate of drug-likeness (QED) is 0.795. The highest BCUT2D eigenvalue weighted by Crippen LogP contribution is 2.30. The number of hydrogen-bond acceptors (Lipinski definition) is 4. The number of aromatic hydroxyl groups is 1. The van der Waals surface area contributed by atoms with Crippen LogP contribution in [0.15, 0.2) is 17.0 Å². The van der Waals surface area contributed by atoms with Gasteiger partial charge in [-0.3, -0.25) is 0 Å². The second-order valence-corrected chi connectivity index (χ2v) is 4.96. The largest absolute Gasteiger partial charge is 0.505 e. The summed E-state index contributed by atoms with van der Waals surface area (Å²) < 4.78 is 39.1. The number of halogens is 2. The van der Waals surface area contributed by atoms with Crippen LogP contribution in [-0.4, -0.2) is 20.6 Å². The van der Waals surface area contributed by atoms with E-state index in [9.17, 15) is 12.8 Å². The van der Waals surface area contributed by atoms with Crippen molar-refractivity contribution in [2.45, 2.75) is 4.90 Å². The van der Waals surface area contributed by atoms with Crippen LogP contribution in [0.3, 0.4) is 0 Å². The standard InChI is InChI=1S/C7H6ClFO4S/c1-13-6-3-4(14(8,11)12)2-5(10)7(6)9/h2-3,10H,1H3. The number of rotatable bonds is 2. The Morgan fingerprint density at radius 3 is 2.50 bits per heavy atom. The van der Waals surface area contributed by atoms with Crippen LogP contribution in [0.5, 0.6) is 11.5 Å². The molecule has 0 spiro atoms. The zero-order valence-electron chi connectivity index (χ0n) is 6.99. The van der Waals surface area contributed by atoms with Crippen molar-refractivity contribution in [3.8, 4) is 11.5 Å². The Balaban J connectivity index is 3.46. The minimum atomic E-state index is -4.01. The van der Waals surface area contributed by atoms with E-state index in [0.29, 0.717) is 6.07 Å². The molecule has 0 radical (unpaired) electrons. The van der Waals surface area contributed by atoms with Crippen LogP contribution in [0.1, 0.15) is 0 Å². The molecule has 0 aromatic heterocycles. The van der Waals surface area contributed by atoms with Gasteiger partial charge in [0, 0.05) is 22.8 Å². The van der Waals surface area contributed by atoms with Gasteiger partial charge in [-0.15, -0.1) is 0 Å². The number of phenolic OH excluding ortho intramolecular Hbond substituents is 1. The van der Waals surface area contributed by atoms with Crippen molar-refractivity contribution in [3.63, 3.8) is 0 Å². The van der Waals surface area contributed by atoms with Gasteiger partial charge < -0.3 is 9.84 Å². The van der Waals surface area contributed by atoms with Crippen molar-refractivity contribution >= 4 is 19.7 Å². The molecule has 0 saturated carbocycles. The molecule has 1 rings (SSSR count). The van der Waals surface area contributed by atoms with Gasteiger partial charge in [-0.25, -0.2) is 8.42 Å². The predicted octanol–water partition coefficient (Wildman–Crippen LogP) is 1.47. The smallest absolute Gasteiger partial charge is 0.261 e. The van der Waals surface area contributed by atoms with E-state index in [1.807, 2.05) is 0 Å². The average molecular weight is 241 g/mol. The van der Waals surface area contributed by atoms with Crippen LogP contribution in [0.2, 0.25) is 0 Å². The highest BCUT2D eigenvalue weighted by atomic mass is 35.7. The maximum atomic E-state index is 13.0. The third-order valence-electron chi connectivity index (χ3n) is 1.49. The van der Waals surface area contributed by atoms with Gasteiger partial charge in [0.25, 0.3) is 9.05 Å². The SMILES string of the molecule is COc1cc(S(=O)(=O)Cl)cc(O)c1F. The molecular formula is C7H6ClFO4S. The molecular weight excluding hydrogens is 235 g/mol. The number of benzene rings is 1. The fraction of sp³-hybridized carbons (Fsp3) is 0.143. The highest BCUT2D eigenvalue weighted by Gasteiger charge is 2.17. The molecule has 0 heterocycles. The summed E-state index contributed by atoms with van der Waals surface area (Å²) >= 11 is 0. The van der Waals surface area contributed by atoms with E-state index in [1.165, 1.54) is 0 Å². The molecule has 0 saturated heterocycles. The van der Waals surface area contributed by atoms with Crippen LogP contribution in [0.25, 0.3) is 0 Å². The maximum Gasteiger partial charge on any atom is 0.261 e. The van der Waals surface area contributed by atoms with E-state index in [4.69, 9.17) is 15.8 Å². The third-order valence-corrected chi connectivity index (χ3v) is 2.83. The Hall–Kier alpha value is -1.01. The van der Waals surface area contributed by atoms with E-state index < -0.39 is 25.5 Å². The molecule has 0 fully saturated rings. The van der Waals surface area contributed by atoms with Crippen molar-refractivity contribution in [3.05, 3.63) is 17.9 Å². The molecule has 7 heteroatoms. The van der Waals surface area contributed by atoms with Gasteiger partial charge in [-0.2, -0.15) is 4.39 Å². The molecule has 0 aliphatic heterocycles. The molecule has 78 valence electrons. The van der Waals surface area contributed by atoms with E-state index in [0.717, 1.165) is 13.2 Å². The summed E-state index contributed by atoms with van der Waals surface area (Å²) in [5, 5.41) is 9.00. The van der Waals surface area contributed by atoms with Gasteiger partial charge >= 0.3 is 0 Å². The summed E-state index contributed by atoms with van der Waals surface area (Å²) in [6, 6.07) is 1.59. The van der Waals surface area contributed by atoms with Crippen LogP contribution in [-0.2, 0) is 9.05 Å². The number of hydrogen-bond donors (Lipinski definition) is 1. The lowest BCUT2D eigenvalue weighted by atomic mass is 10.3. The van der Waals surface area contributed by atoms with Gasteiger partial charge in [0.1, 0.15) is 0 Å². The Bertz CT molecular complexity index is 457. The molecule has 0 aliphatic carbocycles. The second-order valence-electron chi connectivity index (χ2n) is 2.40. The lowest BCUT2D eigenvalue weighted by molar-refractivity contribution is 0.362. The van der Waals surface area contributed by atoms with Crippen molar-refractivity contribution in [2.75, 3.05) is 7.11 Å². The summed E-state index contributed by atoms with van der Waals surface area (Å²) in [7, 11) is 2.13. The fourth-order valence-electron chi connectivity index (χ4n) is 0.848. The molecule has 1 aromatic carbocycles. The third kappa shape index (κ3) is 2.08. The molecule has 0 bridgehead atoms. The van der Waals surface area contributed by atoms with E-state index in [1.54, 1.807) is 0 Å². The number of phenols is 1. The van der Waals surface area contributed by atoms with Gasteiger partial charge in [-0.1, -0.05) is 0 Å². The van der Waals surface area contributed by atoms with Crippen LogP contribution >= 0.6 is 10.7 Å². The lowest BCUT2D eigenvalue weighted by Gasteiger charge is -2.05. The van der Waals surface area contributed by atoms with Crippen molar-refractivity contribution in [1.82, 2.24) is 0 Å². The Morgan fingerprint density at radius 2 is 2.07 bits per heavy atom. The van der Waals surface area contributed by atoms with Gasteiger partial charge in [0.2, 0.25) is 5.82 Å². The van der Waals surface area contributed by atoms with Gasteiger partial charge in [0.15, 0.2) is 11.5 Å². The molecule has 0 amide bonds. The first kappa shape index (κ1) is 11.1. The monoisotopic (exact) mass is 240 g/mol. The Morgan fingerprint density at radius 1 is 1.50 bits per heavy atom. The first-order valence-electron chi connectivity index (χ1n) is 3.37. The first-order chi connectivity index (χ1) is 6.36. The zero-order chi connectivity index (χ0) is 10.9. The summed E-state index contributed by atoms with van der Waals surface area (Å²) in [5.74, 6) is -2.25. The molecule has 4 nitrogen and oxygen atoms in total. The van der Waals surface area contributed by atoms with Crippen LogP contribution in [0, 0.1) is 5.82 Å². The Kier molecular flexibility index (Phi) is 2.86. The number of methoxy groups -OCH3 is 1. The summed E-state index contributed by atoms with van der Waals surface area (Å²) in [6.45, 7) is 0. The molecule has 0 unspecified atom stereocenters. The van der Waals surface area contributed by atoms with Crippen LogP contribution in [0.4, 0.5) is 4.39 Å². The molecule has 14 heavy (non-hydrogen) atoms. The first-order valence-corrected chi connectivity index (χ1v) is 5.68. The zero-order valence-corrected chi connectivity index (χ0v) is 8.56. The van der Waals surface area contributed by atoms with Crippen molar-refractivity contribution in [2.24, 2.45) is 0 Å². The molecule has 0 aliphatic rings. The minimum absolute atomic E-state index is 0.385. The average Bonchev–Trinajstić information content (AvgIpc) is 2.07. The fourth-order valence-corrected chi connectivity index (χ4v) is 1.62. The van der Waals surface area contributed by atoms with E-state index in [2.05, 4.69) is 4.74 Å². The van der Waals surface area contributed by atoms with E-state index in [-0.39, 0.29) is 5.75 Å². The second kappa shape index (κ2) is 3.62. The predicted molar refractivity (Wildman–Crippen MR) is 47.7 cm³/mol. The van der Waals surface area contributed by atoms with Crippen molar-refractivity contribution in [1.29, 1.82) is 0 Å². The summed E-state index contributed by atoms with van der Waals surface area (Å²) in [5.41, 5.74) is 0. The maximum absolute atomic E-state index is 13.0. The number of ether oxygens (including phenoxy) is 1. The van der Waals surface area contributed by atoms with Gasteiger partial charge in [0.05, 0.1) is 12.0 Å². The van der Waals surface area contributed by atoms with Crippen molar-refractivity contribution < 1.29 is 22.7 Å². The highest BCUT2D eigenvalue weighted by molar-refractivity contribution is 8.13. The minimum Gasteiger partial charge on any atom is -0.505 e. The molecule has 1 N–H and O–H groups in total. The summed E-state index contributed by atoms with van der Waals surface area (Å²) in [6.07, 6.45) is 0. The molecule has 0 atom stereocenters.